The van der Waals surface area contributed by atoms with Crippen LogP contribution in [-0.2, 0) is 6.54 Å². The van der Waals surface area contributed by atoms with Crippen LogP contribution in [0.1, 0.15) is 12.0 Å². The van der Waals surface area contributed by atoms with Gasteiger partial charge in [-0.1, -0.05) is 12.1 Å². The van der Waals surface area contributed by atoms with Crippen LogP contribution < -0.4 is 15.4 Å². The predicted octanol–water partition coefficient (Wildman–Crippen LogP) is 3.79. The average molecular weight is 554 g/mol. The number of nitrogens with one attached hydrogen (secondary N) is 2. The number of halogens is 7. The highest BCUT2D eigenvalue weighted by Gasteiger charge is 2.34. The first kappa shape index (κ1) is 26.6. The monoisotopic (exact) mass is 554 g/mol. The summed E-state index contributed by atoms with van der Waals surface area (Å²) in [6, 6.07) is 6.18. The number of benzene rings is 1. The van der Waals surface area contributed by atoms with E-state index in [1.54, 1.807) is 19.2 Å². The lowest BCUT2D eigenvalue weighted by Crippen LogP contribution is -2.40. The molecule has 12 heteroatoms. The third-order valence-electron chi connectivity index (χ3n) is 4.34. The van der Waals surface area contributed by atoms with Crippen LogP contribution in [-0.4, -0.2) is 63.0 Å². The molecule has 0 aromatic heterocycles. The van der Waals surface area contributed by atoms with Gasteiger partial charge in [-0.2, -0.15) is 26.3 Å². The molecular weight excluding hydrogens is 529 g/mol. The molecule has 1 heterocycles. The van der Waals surface area contributed by atoms with E-state index >= 15 is 0 Å². The first-order valence-corrected chi connectivity index (χ1v) is 9.06. The van der Waals surface area contributed by atoms with Crippen molar-refractivity contribution in [2.24, 2.45) is 10.9 Å². The lowest BCUT2D eigenvalue weighted by atomic mass is 10.1. The Bertz CT molecular complexity index is 666. The summed E-state index contributed by atoms with van der Waals surface area (Å²) in [7, 11) is 1.58. The van der Waals surface area contributed by atoms with Crippen LogP contribution >= 0.6 is 24.0 Å². The number of nitrogens with zero attached hydrogens (tertiary/aromatic N) is 2. The second-order valence-corrected chi connectivity index (χ2v) is 6.86. The van der Waals surface area contributed by atoms with E-state index in [1.165, 1.54) is 17.0 Å². The number of ether oxygens (including phenoxy) is 1. The molecule has 1 aliphatic rings. The van der Waals surface area contributed by atoms with Crippen molar-refractivity contribution < 1.29 is 31.1 Å². The number of rotatable bonds is 7. The zero-order valence-electron chi connectivity index (χ0n) is 16.3. The molecule has 2 N–H and O–H groups in total. The van der Waals surface area contributed by atoms with E-state index in [9.17, 15) is 26.3 Å². The normalized spacial score (nSPS) is 18.1. The molecule has 1 unspecified atom stereocenters. The Balaban J connectivity index is 0.00000450. The van der Waals surface area contributed by atoms with Gasteiger partial charge >= 0.3 is 12.4 Å². The van der Waals surface area contributed by atoms with E-state index in [4.69, 9.17) is 0 Å². The molecule has 1 aliphatic heterocycles. The van der Waals surface area contributed by atoms with E-state index in [-0.39, 0.29) is 35.6 Å². The lowest BCUT2D eigenvalue weighted by molar-refractivity contribution is -0.153. The van der Waals surface area contributed by atoms with Crippen molar-refractivity contribution in [2.75, 3.05) is 39.8 Å². The zero-order chi connectivity index (χ0) is 21.5. The fraction of sp³-hybridized carbons (Fsp3) is 0.611. The maximum atomic E-state index is 12.4. The van der Waals surface area contributed by atoms with Gasteiger partial charge in [-0.05, 0) is 36.6 Å². The van der Waals surface area contributed by atoms with E-state index in [2.05, 4.69) is 20.4 Å². The summed E-state index contributed by atoms with van der Waals surface area (Å²) in [4.78, 5) is 5.46. The van der Waals surface area contributed by atoms with Crippen LogP contribution in [0, 0.1) is 5.92 Å². The minimum atomic E-state index is -4.39. The first-order valence-electron chi connectivity index (χ1n) is 9.06. The Kier molecular flexibility index (Phi) is 10.5. The highest BCUT2D eigenvalue weighted by molar-refractivity contribution is 14.0. The number of hydrogen-bond donors (Lipinski definition) is 2. The second-order valence-electron chi connectivity index (χ2n) is 6.86. The summed E-state index contributed by atoms with van der Waals surface area (Å²) in [5, 5.41) is 6.15. The Morgan fingerprint density at radius 1 is 1.10 bits per heavy atom. The highest BCUT2D eigenvalue weighted by Crippen LogP contribution is 2.22. The predicted molar refractivity (Wildman–Crippen MR) is 112 cm³/mol. The Labute approximate surface area is 188 Å². The van der Waals surface area contributed by atoms with Gasteiger partial charge in [0.2, 0.25) is 0 Å². The fourth-order valence-corrected chi connectivity index (χ4v) is 2.99. The minimum Gasteiger partial charge on any atom is -0.484 e. The molecule has 0 saturated carbocycles. The summed E-state index contributed by atoms with van der Waals surface area (Å²) in [6.07, 6.45) is -7.89. The molecule has 0 amide bonds. The van der Waals surface area contributed by atoms with Crippen molar-refractivity contribution in [3.63, 3.8) is 0 Å². The van der Waals surface area contributed by atoms with Crippen molar-refractivity contribution in [3.05, 3.63) is 29.8 Å². The molecule has 2 rings (SSSR count). The molecular formula is C18H25F6IN4O. The van der Waals surface area contributed by atoms with Crippen molar-refractivity contribution >= 4 is 29.9 Å². The fourth-order valence-electron chi connectivity index (χ4n) is 2.99. The first-order chi connectivity index (χ1) is 13.5. The minimum absolute atomic E-state index is 0. The molecule has 1 atom stereocenters. The quantitative estimate of drug-likeness (QED) is 0.233. The van der Waals surface area contributed by atoms with Crippen LogP contribution in [0.15, 0.2) is 29.3 Å². The molecule has 172 valence electrons. The van der Waals surface area contributed by atoms with E-state index in [0.717, 1.165) is 5.56 Å². The third kappa shape index (κ3) is 10.5. The Morgan fingerprint density at radius 2 is 1.77 bits per heavy atom. The van der Waals surface area contributed by atoms with Gasteiger partial charge in [-0.3, -0.25) is 9.89 Å². The largest absolute Gasteiger partial charge is 0.484 e. The standard InChI is InChI=1S/C18H24F6N4O.HI/c1-25-16(27-9-14-6-7-28(10-14)11-17(19,20)21)26-8-13-2-4-15(5-3-13)29-12-18(22,23)24;/h2-5,14H,6-12H2,1H3,(H2,25,26,27);1H. The van der Waals surface area contributed by atoms with Crippen LogP contribution in [0.2, 0.25) is 0 Å². The van der Waals surface area contributed by atoms with E-state index in [1.807, 2.05) is 0 Å². The van der Waals surface area contributed by atoms with Crippen molar-refractivity contribution in [3.8, 4) is 5.75 Å². The molecule has 0 spiro atoms. The number of likely N-dealkylation sites (tertiary alicyclic amines) is 1. The van der Waals surface area contributed by atoms with Crippen molar-refractivity contribution in [1.82, 2.24) is 15.5 Å². The van der Waals surface area contributed by atoms with Crippen molar-refractivity contribution in [1.29, 1.82) is 0 Å². The topological polar surface area (TPSA) is 48.9 Å². The average Bonchev–Trinajstić information content (AvgIpc) is 3.06. The Hall–Kier alpha value is -1.44. The second kappa shape index (κ2) is 11.8. The molecule has 0 bridgehead atoms. The molecule has 0 radical (unpaired) electrons. The molecule has 1 saturated heterocycles. The maximum absolute atomic E-state index is 12.4. The van der Waals surface area contributed by atoms with Gasteiger partial charge in [0, 0.05) is 26.7 Å². The van der Waals surface area contributed by atoms with Gasteiger partial charge in [0.05, 0.1) is 6.54 Å². The van der Waals surface area contributed by atoms with Gasteiger partial charge in [-0.25, -0.2) is 0 Å². The number of guanidine groups is 1. The molecule has 5 nitrogen and oxygen atoms in total. The van der Waals surface area contributed by atoms with Gasteiger partial charge in [0.15, 0.2) is 12.6 Å². The lowest BCUT2D eigenvalue weighted by Gasteiger charge is -2.18. The van der Waals surface area contributed by atoms with Crippen LogP contribution in [0.5, 0.6) is 5.75 Å². The summed E-state index contributed by atoms with van der Waals surface area (Å²) in [6.45, 7) is -0.562. The SMILES string of the molecule is CN=C(NCc1ccc(OCC(F)(F)F)cc1)NCC1CCN(CC(F)(F)F)C1.I. The molecule has 0 aliphatic carbocycles. The summed E-state index contributed by atoms with van der Waals surface area (Å²) in [5.41, 5.74) is 0.810. The van der Waals surface area contributed by atoms with Gasteiger partial charge in [-0.15, -0.1) is 24.0 Å². The smallest absolute Gasteiger partial charge is 0.422 e. The molecule has 1 aromatic carbocycles. The maximum Gasteiger partial charge on any atom is 0.422 e. The third-order valence-corrected chi connectivity index (χ3v) is 4.34. The van der Waals surface area contributed by atoms with E-state index in [0.29, 0.717) is 38.6 Å². The van der Waals surface area contributed by atoms with Crippen LogP contribution in [0.4, 0.5) is 26.3 Å². The number of alkyl halides is 6. The summed E-state index contributed by atoms with van der Waals surface area (Å²) < 4.78 is 78.4. The zero-order valence-corrected chi connectivity index (χ0v) is 18.6. The van der Waals surface area contributed by atoms with Crippen molar-refractivity contribution in [2.45, 2.75) is 25.3 Å². The number of hydrogen-bond acceptors (Lipinski definition) is 3. The summed E-state index contributed by atoms with van der Waals surface area (Å²) >= 11 is 0. The molecule has 30 heavy (non-hydrogen) atoms. The van der Waals surface area contributed by atoms with Gasteiger partial charge in [0.25, 0.3) is 0 Å². The summed E-state index contributed by atoms with van der Waals surface area (Å²) in [5.74, 6) is 0.718. The molecule has 1 aromatic rings. The van der Waals surface area contributed by atoms with Gasteiger partial charge in [0.1, 0.15) is 5.75 Å². The molecule has 1 fully saturated rings. The van der Waals surface area contributed by atoms with Crippen LogP contribution in [0.3, 0.4) is 0 Å². The van der Waals surface area contributed by atoms with Crippen LogP contribution in [0.25, 0.3) is 0 Å². The highest BCUT2D eigenvalue weighted by atomic mass is 127. The van der Waals surface area contributed by atoms with E-state index < -0.39 is 25.5 Å². The Morgan fingerprint density at radius 3 is 2.33 bits per heavy atom. The van der Waals surface area contributed by atoms with Gasteiger partial charge < -0.3 is 15.4 Å². The number of aliphatic imine (C=N–C) groups is 1.